The van der Waals surface area contributed by atoms with Gasteiger partial charge in [0.05, 0.1) is 13.2 Å². The molecule has 1 N–H and O–H groups in total. The first kappa shape index (κ1) is 16.2. The number of hydrogen-bond donors (Lipinski definition) is 1. The predicted octanol–water partition coefficient (Wildman–Crippen LogP) is -0.176. The van der Waals surface area contributed by atoms with Crippen molar-refractivity contribution >= 4 is 5.91 Å². The topological polar surface area (TPSA) is 84.5 Å². The number of likely N-dealkylation sites (tertiary alicyclic amines) is 1. The van der Waals surface area contributed by atoms with Crippen molar-refractivity contribution in [1.82, 2.24) is 14.0 Å². The molecule has 7 nitrogen and oxygen atoms in total. The van der Waals surface area contributed by atoms with Crippen LogP contribution in [0.25, 0.3) is 0 Å². The number of carbonyl (C=O) groups excluding carboxylic acids is 1. The average molecular weight is 329 g/mol. The van der Waals surface area contributed by atoms with E-state index in [4.69, 9.17) is 5.11 Å². The molecule has 1 unspecified atom stereocenters. The molecule has 1 amide bonds. The second kappa shape index (κ2) is 6.84. The van der Waals surface area contributed by atoms with Gasteiger partial charge < -0.3 is 10.0 Å². The van der Waals surface area contributed by atoms with Gasteiger partial charge in [0.1, 0.15) is 6.04 Å². The van der Waals surface area contributed by atoms with Crippen LogP contribution in [0, 0.1) is 0 Å². The van der Waals surface area contributed by atoms with E-state index in [1.165, 1.54) is 21.7 Å². The highest BCUT2D eigenvalue weighted by Gasteiger charge is 2.33. The molecule has 0 saturated carbocycles. The van der Waals surface area contributed by atoms with Crippen LogP contribution in [-0.4, -0.2) is 44.7 Å². The fourth-order valence-corrected chi connectivity index (χ4v) is 3.00. The lowest BCUT2D eigenvalue weighted by atomic mass is 10.2. The van der Waals surface area contributed by atoms with E-state index < -0.39 is 17.3 Å². The lowest BCUT2D eigenvalue weighted by Gasteiger charge is -2.17. The van der Waals surface area contributed by atoms with Crippen molar-refractivity contribution in [3.8, 4) is 0 Å². The summed E-state index contributed by atoms with van der Waals surface area (Å²) in [6.07, 6.45) is 1.87. The van der Waals surface area contributed by atoms with Crippen molar-refractivity contribution in [3.05, 3.63) is 69.0 Å². The molecule has 1 saturated heterocycles. The van der Waals surface area contributed by atoms with Gasteiger partial charge in [-0.1, -0.05) is 30.3 Å². The Morgan fingerprint density at radius 1 is 1.08 bits per heavy atom. The Bertz CT molecular complexity index is 841. The number of β-amino-alcohol motifs (C(OH)–C–C–N with tert-alkyl or cyclic N) is 1. The van der Waals surface area contributed by atoms with Crippen molar-refractivity contribution in [2.45, 2.75) is 19.0 Å². The predicted molar refractivity (Wildman–Crippen MR) is 87.8 cm³/mol. The third-order valence-corrected chi connectivity index (χ3v) is 4.25. The van der Waals surface area contributed by atoms with Gasteiger partial charge in [-0.3, -0.25) is 18.7 Å². The highest BCUT2D eigenvalue weighted by atomic mass is 16.3. The molecule has 0 aliphatic carbocycles. The molecule has 24 heavy (non-hydrogen) atoms. The second-order valence-corrected chi connectivity index (χ2v) is 5.77. The van der Waals surface area contributed by atoms with Gasteiger partial charge in [0, 0.05) is 25.4 Å². The average Bonchev–Trinajstić information content (AvgIpc) is 2.94. The van der Waals surface area contributed by atoms with Gasteiger partial charge >= 0.3 is 5.69 Å². The number of amides is 1. The number of carbonyl (C=O) groups is 1. The number of benzene rings is 1. The minimum Gasteiger partial charge on any atom is -0.395 e. The van der Waals surface area contributed by atoms with Crippen LogP contribution < -0.4 is 11.2 Å². The van der Waals surface area contributed by atoms with E-state index in [2.05, 4.69) is 0 Å². The summed E-state index contributed by atoms with van der Waals surface area (Å²) in [5, 5.41) is 8.99. The van der Waals surface area contributed by atoms with Crippen LogP contribution in [-0.2, 0) is 11.3 Å². The summed E-state index contributed by atoms with van der Waals surface area (Å²) in [6, 6.07) is 9.92. The van der Waals surface area contributed by atoms with E-state index in [1.807, 2.05) is 30.3 Å². The van der Waals surface area contributed by atoms with Gasteiger partial charge in [-0.25, -0.2) is 4.79 Å². The fraction of sp³-hybridized carbons (Fsp3) is 0.353. The molecule has 1 aliphatic rings. The summed E-state index contributed by atoms with van der Waals surface area (Å²) in [5.74, 6) is -0.198. The number of aliphatic hydroxyl groups excluding tert-OH is 1. The SMILES string of the molecule is O=C1C(n2ccc(=O)n(Cc3ccccc3)c2=O)CCN1CCO. The molecular formula is C17H19N3O4. The van der Waals surface area contributed by atoms with E-state index in [0.717, 1.165) is 10.1 Å². The minimum absolute atomic E-state index is 0.110. The summed E-state index contributed by atoms with van der Waals surface area (Å²) in [6.45, 7) is 0.809. The van der Waals surface area contributed by atoms with Gasteiger partial charge in [0.15, 0.2) is 0 Å². The maximum Gasteiger partial charge on any atom is 0.332 e. The van der Waals surface area contributed by atoms with Crippen molar-refractivity contribution in [2.75, 3.05) is 19.7 Å². The highest BCUT2D eigenvalue weighted by Crippen LogP contribution is 2.21. The number of nitrogens with zero attached hydrogens (tertiary/aromatic N) is 3. The van der Waals surface area contributed by atoms with Gasteiger partial charge in [0.25, 0.3) is 5.56 Å². The summed E-state index contributed by atoms with van der Waals surface area (Å²) >= 11 is 0. The first-order valence-electron chi connectivity index (χ1n) is 7.87. The van der Waals surface area contributed by atoms with Crippen LogP contribution in [0.4, 0.5) is 0 Å². The normalized spacial score (nSPS) is 17.5. The number of aromatic nitrogens is 2. The number of aliphatic hydroxyl groups is 1. The molecule has 0 spiro atoms. The molecule has 1 fully saturated rings. The van der Waals surface area contributed by atoms with Crippen LogP contribution >= 0.6 is 0 Å². The molecule has 126 valence electrons. The van der Waals surface area contributed by atoms with Gasteiger partial charge in [0.2, 0.25) is 5.91 Å². The molecular weight excluding hydrogens is 310 g/mol. The molecule has 1 aromatic heterocycles. The molecule has 0 bridgehead atoms. The molecule has 0 radical (unpaired) electrons. The van der Waals surface area contributed by atoms with E-state index >= 15 is 0 Å². The van der Waals surface area contributed by atoms with Crippen LogP contribution in [0.15, 0.2) is 52.2 Å². The Hall–Kier alpha value is -2.67. The van der Waals surface area contributed by atoms with Gasteiger partial charge in [-0.15, -0.1) is 0 Å². The highest BCUT2D eigenvalue weighted by molar-refractivity contribution is 5.82. The zero-order chi connectivity index (χ0) is 17.1. The Labute approximate surface area is 138 Å². The third-order valence-electron chi connectivity index (χ3n) is 4.25. The number of hydrogen-bond acceptors (Lipinski definition) is 4. The maximum atomic E-state index is 12.7. The quantitative estimate of drug-likeness (QED) is 0.825. The molecule has 7 heteroatoms. The van der Waals surface area contributed by atoms with Gasteiger partial charge in [-0.05, 0) is 12.0 Å². The molecule has 1 aromatic carbocycles. The largest absolute Gasteiger partial charge is 0.395 e. The van der Waals surface area contributed by atoms with Crippen LogP contribution in [0.2, 0.25) is 0 Å². The summed E-state index contributed by atoms with van der Waals surface area (Å²) in [4.78, 5) is 38.7. The van der Waals surface area contributed by atoms with Gasteiger partial charge in [-0.2, -0.15) is 0 Å². The van der Waals surface area contributed by atoms with Crippen molar-refractivity contribution in [2.24, 2.45) is 0 Å². The third kappa shape index (κ3) is 3.03. The zero-order valence-corrected chi connectivity index (χ0v) is 13.2. The van der Waals surface area contributed by atoms with Crippen LogP contribution in [0.1, 0.15) is 18.0 Å². The van der Waals surface area contributed by atoms with Crippen molar-refractivity contribution in [1.29, 1.82) is 0 Å². The molecule has 1 aliphatic heterocycles. The van der Waals surface area contributed by atoms with E-state index in [1.54, 1.807) is 0 Å². The molecule has 1 atom stereocenters. The number of rotatable bonds is 5. The first-order chi connectivity index (χ1) is 11.6. The zero-order valence-electron chi connectivity index (χ0n) is 13.2. The van der Waals surface area contributed by atoms with Crippen molar-refractivity contribution < 1.29 is 9.90 Å². The monoisotopic (exact) mass is 329 g/mol. The maximum absolute atomic E-state index is 12.7. The minimum atomic E-state index is -0.619. The summed E-state index contributed by atoms with van der Waals surface area (Å²) in [7, 11) is 0. The van der Waals surface area contributed by atoms with Crippen molar-refractivity contribution in [3.63, 3.8) is 0 Å². The second-order valence-electron chi connectivity index (χ2n) is 5.77. The Balaban J connectivity index is 1.94. The lowest BCUT2D eigenvalue weighted by Crippen LogP contribution is -2.42. The van der Waals surface area contributed by atoms with E-state index in [-0.39, 0.29) is 25.6 Å². The van der Waals surface area contributed by atoms with Crippen LogP contribution in [0.3, 0.4) is 0 Å². The van der Waals surface area contributed by atoms with E-state index in [9.17, 15) is 14.4 Å². The molecule has 3 rings (SSSR count). The smallest absolute Gasteiger partial charge is 0.332 e. The van der Waals surface area contributed by atoms with Crippen LogP contribution in [0.5, 0.6) is 0 Å². The summed E-state index contributed by atoms with van der Waals surface area (Å²) < 4.78 is 2.46. The Morgan fingerprint density at radius 3 is 2.54 bits per heavy atom. The lowest BCUT2D eigenvalue weighted by molar-refractivity contribution is -0.130. The molecule has 2 heterocycles. The first-order valence-corrected chi connectivity index (χ1v) is 7.87. The Kier molecular flexibility index (Phi) is 4.61. The summed E-state index contributed by atoms with van der Waals surface area (Å²) in [5.41, 5.74) is -0.0394. The molecule has 2 aromatic rings. The standard InChI is InChI=1S/C17H19N3O4/c21-11-10-18-8-6-14(16(18)23)19-9-7-15(22)20(17(19)24)12-13-4-2-1-3-5-13/h1-5,7,9,14,21H,6,8,10-12H2. The fourth-order valence-electron chi connectivity index (χ4n) is 3.00. The van der Waals surface area contributed by atoms with E-state index in [0.29, 0.717) is 13.0 Å². The Morgan fingerprint density at radius 2 is 1.83 bits per heavy atom.